The second-order valence-corrected chi connectivity index (χ2v) is 4.49. The second-order valence-electron chi connectivity index (χ2n) is 4.49. The molecule has 0 aliphatic heterocycles. The third kappa shape index (κ3) is 1.97. The van der Waals surface area contributed by atoms with Gasteiger partial charge in [0.05, 0.1) is 5.41 Å². The van der Waals surface area contributed by atoms with Crippen LogP contribution in [0.1, 0.15) is 26.3 Å². The SMILES string of the molecule is CC(C)C(C)(C(=O)O)c1c(N)ccc(F)c1F. The lowest BCUT2D eigenvalue weighted by atomic mass is 9.72. The van der Waals surface area contributed by atoms with Crippen LogP contribution in [0.3, 0.4) is 0 Å². The fourth-order valence-electron chi connectivity index (χ4n) is 1.74. The van der Waals surface area contributed by atoms with Crippen molar-refractivity contribution in [2.24, 2.45) is 5.92 Å². The van der Waals surface area contributed by atoms with Crippen LogP contribution in [0, 0.1) is 17.6 Å². The first-order valence-electron chi connectivity index (χ1n) is 5.20. The largest absolute Gasteiger partial charge is 0.481 e. The summed E-state index contributed by atoms with van der Waals surface area (Å²) in [6, 6.07) is 2.06. The van der Waals surface area contributed by atoms with Gasteiger partial charge in [-0.2, -0.15) is 0 Å². The van der Waals surface area contributed by atoms with Crippen molar-refractivity contribution in [1.82, 2.24) is 0 Å². The highest BCUT2D eigenvalue weighted by atomic mass is 19.2. The van der Waals surface area contributed by atoms with E-state index in [2.05, 4.69) is 0 Å². The Morgan fingerprint density at radius 1 is 1.41 bits per heavy atom. The van der Waals surface area contributed by atoms with Crippen LogP contribution in [-0.2, 0) is 10.2 Å². The number of hydrogen-bond acceptors (Lipinski definition) is 2. The molecule has 1 aromatic rings. The van der Waals surface area contributed by atoms with Crippen LogP contribution in [0.5, 0.6) is 0 Å². The Balaban J connectivity index is 3.60. The molecule has 0 saturated heterocycles. The number of benzene rings is 1. The summed E-state index contributed by atoms with van der Waals surface area (Å²) in [6.07, 6.45) is 0. The molecule has 0 amide bonds. The van der Waals surface area contributed by atoms with E-state index >= 15 is 0 Å². The van der Waals surface area contributed by atoms with E-state index in [1.165, 1.54) is 13.0 Å². The normalized spacial score (nSPS) is 14.7. The van der Waals surface area contributed by atoms with Crippen molar-refractivity contribution < 1.29 is 18.7 Å². The molecular formula is C12H15F2NO2. The summed E-state index contributed by atoms with van der Waals surface area (Å²) in [7, 11) is 0. The first-order chi connectivity index (χ1) is 7.72. The molecule has 1 unspecified atom stereocenters. The number of anilines is 1. The molecule has 5 heteroatoms. The van der Waals surface area contributed by atoms with E-state index in [4.69, 9.17) is 5.73 Å². The molecule has 17 heavy (non-hydrogen) atoms. The number of rotatable bonds is 3. The van der Waals surface area contributed by atoms with Crippen molar-refractivity contribution >= 4 is 11.7 Å². The topological polar surface area (TPSA) is 63.3 Å². The molecule has 0 aliphatic carbocycles. The maximum Gasteiger partial charge on any atom is 0.314 e. The van der Waals surface area contributed by atoms with E-state index in [0.29, 0.717) is 0 Å². The van der Waals surface area contributed by atoms with Crippen molar-refractivity contribution in [2.45, 2.75) is 26.2 Å². The van der Waals surface area contributed by atoms with Crippen LogP contribution in [0.15, 0.2) is 12.1 Å². The molecule has 0 fully saturated rings. The van der Waals surface area contributed by atoms with Crippen molar-refractivity contribution in [1.29, 1.82) is 0 Å². The third-order valence-electron chi connectivity index (χ3n) is 3.25. The number of carboxylic acid groups (broad SMARTS) is 1. The van der Waals surface area contributed by atoms with Gasteiger partial charge in [-0.25, -0.2) is 8.78 Å². The number of halogens is 2. The zero-order valence-corrected chi connectivity index (χ0v) is 9.92. The first kappa shape index (κ1) is 13.4. The lowest BCUT2D eigenvalue weighted by Crippen LogP contribution is -2.39. The van der Waals surface area contributed by atoms with E-state index in [9.17, 15) is 18.7 Å². The van der Waals surface area contributed by atoms with Gasteiger partial charge in [0.1, 0.15) is 0 Å². The number of carbonyl (C=O) groups is 1. The monoisotopic (exact) mass is 243 g/mol. The molecule has 0 aromatic heterocycles. The summed E-state index contributed by atoms with van der Waals surface area (Å²) >= 11 is 0. The maximum atomic E-state index is 13.8. The number of nitrogen functional groups attached to an aromatic ring is 1. The molecule has 0 aliphatic rings. The van der Waals surface area contributed by atoms with E-state index < -0.39 is 28.9 Å². The lowest BCUT2D eigenvalue weighted by molar-refractivity contribution is -0.145. The Morgan fingerprint density at radius 3 is 2.35 bits per heavy atom. The minimum atomic E-state index is -1.56. The number of nitrogens with two attached hydrogens (primary N) is 1. The van der Waals surface area contributed by atoms with Crippen LogP contribution < -0.4 is 5.73 Å². The van der Waals surface area contributed by atoms with E-state index in [1.54, 1.807) is 13.8 Å². The summed E-state index contributed by atoms with van der Waals surface area (Å²) in [4.78, 5) is 11.3. The molecule has 3 nitrogen and oxygen atoms in total. The standard InChI is InChI=1S/C12H15F2NO2/c1-6(2)12(3,11(16)17)9-8(15)5-4-7(13)10(9)14/h4-6H,15H2,1-3H3,(H,16,17). The maximum absolute atomic E-state index is 13.8. The van der Waals surface area contributed by atoms with E-state index in [-0.39, 0.29) is 11.3 Å². The first-order valence-corrected chi connectivity index (χ1v) is 5.20. The predicted molar refractivity (Wildman–Crippen MR) is 60.6 cm³/mol. The van der Waals surface area contributed by atoms with Gasteiger partial charge in [0.25, 0.3) is 0 Å². The molecule has 0 bridgehead atoms. The predicted octanol–water partition coefficient (Wildman–Crippen LogP) is 2.55. The van der Waals surface area contributed by atoms with Crippen molar-refractivity contribution in [2.75, 3.05) is 5.73 Å². The zero-order chi connectivity index (χ0) is 13.4. The second kappa shape index (κ2) is 4.31. The molecule has 1 rings (SSSR count). The zero-order valence-electron chi connectivity index (χ0n) is 9.92. The van der Waals surface area contributed by atoms with Gasteiger partial charge in [-0.3, -0.25) is 4.79 Å². The summed E-state index contributed by atoms with van der Waals surface area (Å²) in [5.74, 6) is -3.95. The average Bonchev–Trinajstić information content (AvgIpc) is 2.23. The van der Waals surface area contributed by atoms with Crippen LogP contribution in [0.2, 0.25) is 0 Å². The number of carboxylic acids is 1. The molecule has 3 N–H and O–H groups in total. The van der Waals surface area contributed by atoms with Crippen LogP contribution in [-0.4, -0.2) is 11.1 Å². The van der Waals surface area contributed by atoms with Crippen molar-refractivity contribution in [3.8, 4) is 0 Å². The Hall–Kier alpha value is -1.65. The van der Waals surface area contributed by atoms with E-state index in [0.717, 1.165) is 6.07 Å². The lowest BCUT2D eigenvalue weighted by Gasteiger charge is -2.31. The van der Waals surface area contributed by atoms with Gasteiger partial charge in [-0.15, -0.1) is 0 Å². The highest BCUT2D eigenvalue weighted by Gasteiger charge is 2.42. The average molecular weight is 243 g/mol. The summed E-state index contributed by atoms with van der Waals surface area (Å²) in [5.41, 5.74) is 3.68. The summed E-state index contributed by atoms with van der Waals surface area (Å²) in [5, 5.41) is 9.25. The van der Waals surface area contributed by atoms with Gasteiger partial charge in [-0.05, 0) is 25.0 Å². The van der Waals surface area contributed by atoms with Gasteiger partial charge >= 0.3 is 5.97 Å². The van der Waals surface area contributed by atoms with Gasteiger partial charge in [-0.1, -0.05) is 13.8 Å². The minimum Gasteiger partial charge on any atom is -0.481 e. The fraction of sp³-hybridized carbons (Fsp3) is 0.417. The van der Waals surface area contributed by atoms with Crippen molar-refractivity contribution in [3.63, 3.8) is 0 Å². The van der Waals surface area contributed by atoms with E-state index in [1.807, 2.05) is 0 Å². The molecule has 0 heterocycles. The molecule has 0 spiro atoms. The van der Waals surface area contributed by atoms with Crippen LogP contribution in [0.25, 0.3) is 0 Å². The van der Waals surface area contributed by atoms with Gasteiger partial charge in [0, 0.05) is 11.3 Å². The Kier molecular flexibility index (Phi) is 3.40. The molecular weight excluding hydrogens is 228 g/mol. The number of hydrogen-bond donors (Lipinski definition) is 2. The molecule has 0 saturated carbocycles. The van der Waals surface area contributed by atoms with Gasteiger partial charge < -0.3 is 10.8 Å². The molecule has 1 aromatic carbocycles. The van der Waals surface area contributed by atoms with Crippen molar-refractivity contribution in [3.05, 3.63) is 29.3 Å². The third-order valence-corrected chi connectivity index (χ3v) is 3.25. The Bertz CT molecular complexity index is 460. The molecule has 94 valence electrons. The molecule has 0 radical (unpaired) electrons. The highest BCUT2D eigenvalue weighted by molar-refractivity contribution is 5.83. The Labute approximate surface area is 98.2 Å². The smallest absolute Gasteiger partial charge is 0.314 e. The fourth-order valence-corrected chi connectivity index (χ4v) is 1.74. The highest BCUT2D eigenvalue weighted by Crippen LogP contribution is 2.38. The summed E-state index contributed by atoms with van der Waals surface area (Å²) < 4.78 is 27.0. The quantitative estimate of drug-likeness (QED) is 0.802. The summed E-state index contributed by atoms with van der Waals surface area (Å²) in [6.45, 7) is 4.59. The van der Waals surface area contributed by atoms with Crippen LogP contribution in [0.4, 0.5) is 14.5 Å². The molecule has 1 atom stereocenters. The van der Waals surface area contributed by atoms with Gasteiger partial charge in [0.2, 0.25) is 0 Å². The van der Waals surface area contributed by atoms with Gasteiger partial charge in [0.15, 0.2) is 11.6 Å². The Morgan fingerprint density at radius 2 is 1.94 bits per heavy atom. The number of aliphatic carboxylic acids is 1. The minimum absolute atomic E-state index is 0.0532. The van der Waals surface area contributed by atoms with Crippen LogP contribution >= 0.6 is 0 Å².